The van der Waals surface area contributed by atoms with Gasteiger partial charge in [-0.2, -0.15) is 0 Å². The van der Waals surface area contributed by atoms with Crippen LogP contribution in [0.2, 0.25) is 0 Å². The topological polar surface area (TPSA) is 175 Å². The molecular formula is C26H25N2NaO11S2. The summed E-state index contributed by atoms with van der Waals surface area (Å²) in [6, 6.07) is 7.23. The number of aliphatic carboxylic acids is 1. The van der Waals surface area contributed by atoms with E-state index in [2.05, 4.69) is 5.32 Å². The number of carboxylic acids is 1. The average Bonchev–Trinajstić information content (AvgIpc) is 3.42. The molecule has 2 atom stereocenters. The predicted octanol–water partition coefficient (Wildman–Crippen LogP) is -1.17. The van der Waals surface area contributed by atoms with Gasteiger partial charge in [0, 0.05) is 37.2 Å². The minimum Gasteiger partial charge on any atom is -1.00 e. The molecular weight excluding hydrogens is 603 g/mol. The number of hydrogen-bond donors (Lipinski definition) is 2. The zero-order valence-electron chi connectivity index (χ0n) is 24.0. The Labute approximate surface area is 271 Å². The summed E-state index contributed by atoms with van der Waals surface area (Å²) < 4.78 is 20.7. The van der Waals surface area contributed by atoms with Crippen molar-refractivity contribution in [2.75, 3.05) is 19.5 Å². The maximum absolute atomic E-state index is 13.2. The zero-order valence-corrected chi connectivity index (χ0v) is 26.6. The Hall–Kier alpha value is -3.21. The molecule has 13 nitrogen and oxygen atoms in total. The Balaban J connectivity index is 0.00000323. The minimum absolute atomic E-state index is 0. The number of hydrogen-bond acceptors (Lipinski definition) is 12. The zero-order chi connectivity index (χ0) is 29.9. The molecule has 0 spiro atoms. The van der Waals surface area contributed by atoms with E-state index in [0.717, 1.165) is 41.5 Å². The fourth-order valence-corrected chi connectivity index (χ4v) is 6.35. The second-order valence-corrected chi connectivity index (χ2v) is 10.9. The largest absolute Gasteiger partial charge is 1.00 e. The van der Waals surface area contributed by atoms with Crippen LogP contribution in [0.4, 0.5) is 0 Å². The van der Waals surface area contributed by atoms with Gasteiger partial charge in [-0.1, -0.05) is 6.07 Å². The van der Waals surface area contributed by atoms with E-state index < -0.39 is 53.4 Å². The number of esters is 3. The third-order valence-corrected chi connectivity index (χ3v) is 8.19. The van der Waals surface area contributed by atoms with Crippen LogP contribution in [0.5, 0.6) is 11.5 Å². The molecule has 3 heterocycles. The predicted molar refractivity (Wildman–Crippen MR) is 144 cm³/mol. The van der Waals surface area contributed by atoms with Gasteiger partial charge in [-0.05, 0) is 29.6 Å². The number of thioether (sulfide) groups is 1. The molecule has 218 valence electrons. The SMILES string of the molecule is CO[C@]1(NC(=O)Cc2cccs2)C(=O)N2C(C(=O)O)=C(COC(=O)c3ccc(OC(C)=O)c(OC(C)=O)c3)CS[C@H]21.[H-].[Na+]. The molecule has 2 aromatic rings. The first kappa shape index (κ1) is 33.3. The van der Waals surface area contributed by atoms with Crippen LogP contribution in [0, 0.1) is 0 Å². The van der Waals surface area contributed by atoms with E-state index in [9.17, 15) is 33.9 Å². The van der Waals surface area contributed by atoms with Gasteiger partial charge in [0.05, 0.1) is 12.0 Å². The minimum atomic E-state index is -1.75. The van der Waals surface area contributed by atoms with Crippen molar-refractivity contribution in [2.45, 2.75) is 31.4 Å². The number of β-lactam (4-membered cyclic amide) rings is 1. The third kappa shape index (κ3) is 6.88. The summed E-state index contributed by atoms with van der Waals surface area (Å²) in [4.78, 5) is 75.4. The maximum atomic E-state index is 13.2. The van der Waals surface area contributed by atoms with Gasteiger partial charge in [0.2, 0.25) is 5.91 Å². The number of ether oxygens (including phenoxy) is 4. The number of methoxy groups -OCH3 is 1. The van der Waals surface area contributed by atoms with Crippen molar-refractivity contribution in [3.8, 4) is 11.5 Å². The van der Waals surface area contributed by atoms with E-state index in [1.165, 1.54) is 30.6 Å². The van der Waals surface area contributed by atoms with E-state index in [1.54, 1.807) is 12.1 Å². The molecule has 0 radical (unpaired) electrons. The molecule has 0 bridgehead atoms. The molecule has 4 rings (SSSR count). The molecule has 0 saturated carbocycles. The van der Waals surface area contributed by atoms with Crippen LogP contribution in [-0.4, -0.2) is 76.3 Å². The van der Waals surface area contributed by atoms with Gasteiger partial charge in [0.15, 0.2) is 11.5 Å². The van der Waals surface area contributed by atoms with Crippen molar-refractivity contribution in [3.63, 3.8) is 0 Å². The van der Waals surface area contributed by atoms with E-state index in [1.807, 2.05) is 5.38 Å². The van der Waals surface area contributed by atoms with Crippen LogP contribution in [-0.2, 0) is 39.9 Å². The van der Waals surface area contributed by atoms with Crippen molar-refractivity contribution in [1.29, 1.82) is 0 Å². The first-order chi connectivity index (χ1) is 19.5. The fourth-order valence-electron chi connectivity index (χ4n) is 4.22. The van der Waals surface area contributed by atoms with Crippen molar-refractivity contribution in [1.82, 2.24) is 10.2 Å². The van der Waals surface area contributed by atoms with Crippen LogP contribution in [0.3, 0.4) is 0 Å². The number of amides is 2. The molecule has 1 aromatic carbocycles. The summed E-state index contributed by atoms with van der Waals surface area (Å²) in [6.45, 7) is 1.81. The second-order valence-electron chi connectivity index (χ2n) is 8.76. The number of fused-ring (bicyclic) bond motifs is 1. The van der Waals surface area contributed by atoms with Gasteiger partial charge in [0.1, 0.15) is 17.7 Å². The molecule has 1 aromatic heterocycles. The van der Waals surface area contributed by atoms with Crippen LogP contribution < -0.4 is 44.3 Å². The number of nitrogens with zero attached hydrogens (tertiary/aromatic N) is 1. The molecule has 1 fully saturated rings. The van der Waals surface area contributed by atoms with Gasteiger partial charge in [-0.15, -0.1) is 23.1 Å². The van der Waals surface area contributed by atoms with E-state index >= 15 is 0 Å². The first-order valence-electron chi connectivity index (χ1n) is 11.9. The fraction of sp³-hybridized carbons (Fsp3) is 0.308. The molecule has 1 saturated heterocycles. The van der Waals surface area contributed by atoms with Crippen LogP contribution >= 0.6 is 23.1 Å². The van der Waals surface area contributed by atoms with Gasteiger partial charge in [-0.3, -0.25) is 24.1 Å². The third-order valence-electron chi connectivity index (χ3n) is 5.94. The van der Waals surface area contributed by atoms with Crippen molar-refractivity contribution in [3.05, 3.63) is 57.4 Å². The Morgan fingerprint density at radius 1 is 1.12 bits per heavy atom. The molecule has 2 N–H and O–H groups in total. The van der Waals surface area contributed by atoms with E-state index in [0.29, 0.717) is 0 Å². The molecule has 0 aliphatic carbocycles. The number of carbonyl (C=O) groups excluding carboxylic acids is 5. The Kier molecular flexibility index (Phi) is 11.0. The van der Waals surface area contributed by atoms with Gasteiger partial charge < -0.3 is 30.8 Å². The molecule has 2 aliphatic rings. The molecule has 2 aliphatic heterocycles. The number of carboxylic acid groups (broad SMARTS) is 1. The summed E-state index contributed by atoms with van der Waals surface area (Å²) in [5.74, 6) is -5.16. The van der Waals surface area contributed by atoms with Gasteiger partial charge in [0.25, 0.3) is 11.6 Å². The average molecular weight is 629 g/mol. The Morgan fingerprint density at radius 2 is 1.81 bits per heavy atom. The molecule has 2 amide bonds. The normalized spacial score (nSPS) is 19.1. The quantitative estimate of drug-likeness (QED) is 0.106. The smallest absolute Gasteiger partial charge is 1.00 e. The monoisotopic (exact) mass is 628 g/mol. The van der Waals surface area contributed by atoms with Crippen molar-refractivity contribution >= 4 is 58.8 Å². The second kappa shape index (κ2) is 13.8. The maximum Gasteiger partial charge on any atom is 1.00 e. The van der Waals surface area contributed by atoms with Gasteiger partial charge in [-0.25, -0.2) is 9.59 Å². The number of nitrogens with one attached hydrogen (secondary N) is 1. The van der Waals surface area contributed by atoms with Crippen LogP contribution in [0.15, 0.2) is 47.0 Å². The molecule has 42 heavy (non-hydrogen) atoms. The molecule has 0 unspecified atom stereocenters. The summed E-state index contributed by atoms with van der Waals surface area (Å²) in [6.07, 6.45) is 0.0251. The van der Waals surface area contributed by atoms with Crippen molar-refractivity contribution < 1.29 is 83.8 Å². The standard InChI is InChI=1S/C26H24N2O11S2.Na.H/c1-13(29)38-18-7-6-15(9-19(18)39-14(2)30)23(34)37-11-16-12-41-25-26(36-3,24(35)28(25)21(16)22(32)33)27-20(31)10-17-5-4-8-40-17;;/h4-9,25H,10-12H2,1-3H3,(H,27,31)(H,32,33);;/q;+1;-1/t25-,26+;;/m0../s1. The first-order valence-corrected chi connectivity index (χ1v) is 13.9. The van der Waals surface area contributed by atoms with E-state index in [4.69, 9.17) is 18.9 Å². The number of carbonyl (C=O) groups is 6. The summed E-state index contributed by atoms with van der Waals surface area (Å²) >= 11 is 2.52. The number of benzene rings is 1. The van der Waals surface area contributed by atoms with Crippen LogP contribution in [0.25, 0.3) is 0 Å². The van der Waals surface area contributed by atoms with Crippen LogP contribution in [0.1, 0.15) is 30.5 Å². The summed E-state index contributed by atoms with van der Waals surface area (Å²) in [7, 11) is 1.25. The number of thiophene rings is 1. The summed E-state index contributed by atoms with van der Waals surface area (Å²) in [5.41, 5.74) is -2.05. The Bertz CT molecular complexity index is 1470. The Morgan fingerprint density at radius 3 is 2.40 bits per heavy atom. The van der Waals surface area contributed by atoms with E-state index in [-0.39, 0.29) is 71.5 Å². The molecule has 16 heteroatoms. The van der Waals surface area contributed by atoms with Crippen molar-refractivity contribution in [2.24, 2.45) is 0 Å². The summed E-state index contributed by atoms with van der Waals surface area (Å²) in [5, 5.41) is 13.5. The van der Waals surface area contributed by atoms with Gasteiger partial charge >= 0.3 is 53.4 Å². The number of rotatable bonds is 10.